The van der Waals surface area contributed by atoms with Crippen molar-refractivity contribution >= 4 is 49.9 Å². The molecule has 1 fully saturated rings. The highest BCUT2D eigenvalue weighted by Crippen LogP contribution is 2.47. The van der Waals surface area contributed by atoms with Crippen molar-refractivity contribution in [3.63, 3.8) is 0 Å². The van der Waals surface area contributed by atoms with E-state index in [4.69, 9.17) is 33.7 Å². The van der Waals surface area contributed by atoms with Crippen LogP contribution in [0.1, 0.15) is 5.56 Å². The molecule has 146 valence electrons. The number of nitrogens with zero attached hydrogens (tertiary/aromatic N) is 2. The Kier molecular flexibility index (Phi) is 4.60. The monoisotopic (exact) mass is 438 g/mol. The van der Waals surface area contributed by atoms with Crippen LogP contribution in [0.4, 0.5) is 9.52 Å². The summed E-state index contributed by atoms with van der Waals surface area (Å²) in [6, 6.07) is 5.21. The topological polar surface area (TPSA) is 63.4 Å². The summed E-state index contributed by atoms with van der Waals surface area (Å²) >= 11 is 14.6. The molecule has 5 rings (SSSR count). The number of ether oxygens (including phenoxy) is 1. The van der Waals surface area contributed by atoms with Gasteiger partial charge < -0.3 is 15.8 Å². The van der Waals surface area contributed by atoms with Crippen molar-refractivity contribution in [1.82, 2.24) is 15.2 Å². The number of piperazine rings is 1. The highest BCUT2D eigenvalue weighted by molar-refractivity contribution is 7.22. The molecular weight excluding hydrogens is 422 g/mol. The van der Waals surface area contributed by atoms with E-state index in [1.807, 2.05) is 6.07 Å². The van der Waals surface area contributed by atoms with E-state index >= 15 is 0 Å². The van der Waals surface area contributed by atoms with Gasteiger partial charge in [-0.2, -0.15) is 0 Å². The second-order valence-electron chi connectivity index (χ2n) is 7.00. The summed E-state index contributed by atoms with van der Waals surface area (Å²) in [7, 11) is 0. The van der Waals surface area contributed by atoms with E-state index in [1.54, 1.807) is 6.07 Å². The van der Waals surface area contributed by atoms with Gasteiger partial charge in [-0.25, -0.2) is 9.37 Å². The molecule has 0 spiro atoms. The van der Waals surface area contributed by atoms with Gasteiger partial charge in [-0.1, -0.05) is 34.5 Å². The Bertz CT molecular complexity index is 1090. The Balaban J connectivity index is 1.67. The Morgan fingerprint density at radius 1 is 1.36 bits per heavy atom. The number of fused-ring (bicyclic) bond motifs is 3. The molecule has 1 aromatic heterocycles. The summed E-state index contributed by atoms with van der Waals surface area (Å²) in [5.74, 6) is 0.270. The Labute approximate surface area is 175 Å². The average molecular weight is 439 g/mol. The number of hydrogen-bond donors (Lipinski definition) is 2. The summed E-state index contributed by atoms with van der Waals surface area (Å²) in [5, 5.41) is 4.60. The molecule has 1 atom stereocenters. The molecule has 3 aromatic rings. The zero-order chi connectivity index (χ0) is 19.4. The van der Waals surface area contributed by atoms with Gasteiger partial charge >= 0.3 is 0 Å². The fourth-order valence-electron chi connectivity index (χ4n) is 3.94. The fourth-order valence-corrected chi connectivity index (χ4v) is 5.46. The number of nitrogens with one attached hydrogen (secondary N) is 1. The minimum Gasteiger partial charge on any atom is -0.490 e. The van der Waals surface area contributed by atoms with Crippen LogP contribution < -0.4 is 15.8 Å². The van der Waals surface area contributed by atoms with Crippen molar-refractivity contribution in [3.05, 3.63) is 39.6 Å². The number of benzene rings is 2. The number of hydrogen-bond acceptors (Lipinski definition) is 6. The molecular formula is C19H17Cl2FN4OS. The first-order valence-electron chi connectivity index (χ1n) is 8.96. The van der Waals surface area contributed by atoms with E-state index in [2.05, 4.69) is 15.2 Å². The van der Waals surface area contributed by atoms with E-state index in [1.165, 1.54) is 6.07 Å². The van der Waals surface area contributed by atoms with Gasteiger partial charge in [0, 0.05) is 42.9 Å². The lowest BCUT2D eigenvalue weighted by Gasteiger charge is -2.33. The zero-order valence-corrected chi connectivity index (χ0v) is 17.1. The molecule has 0 unspecified atom stereocenters. The molecule has 0 amide bonds. The quantitative estimate of drug-likeness (QED) is 0.597. The molecule has 0 aliphatic carbocycles. The molecule has 2 aromatic carbocycles. The minimum atomic E-state index is -0.365. The zero-order valence-electron chi connectivity index (χ0n) is 14.8. The average Bonchev–Trinajstić information content (AvgIpc) is 2.96. The van der Waals surface area contributed by atoms with Gasteiger partial charge in [-0.3, -0.25) is 4.90 Å². The normalized spacial score (nSPS) is 19.8. The first-order chi connectivity index (χ1) is 13.5. The van der Waals surface area contributed by atoms with E-state index in [9.17, 15) is 4.39 Å². The maximum Gasteiger partial charge on any atom is 0.181 e. The summed E-state index contributed by atoms with van der Waals surface area (Å²) in [6.45, 7) is 4.04. The molecule has 5 nitrogen and oxygen atoms in total. The van der Waals surface area contributed by atoms with Gasteiger partial charge in [-0.15, -0.1) is 0 Å². The summed E-state index contributed by atoms with van der Waals surface area (Å²) < 4.78 is 20.7. The predicted molar refractivity (Wildman–Crippen MR) is 112 cm³/mol. The van der Waals surface area contributed by atoms with Gasteiger partial charge in [0.2, 0.25) is 0 Å². The van der Waals surface area contributed by atoms with Crippen molar-refractivity contribution in [1.29, 1.82) is 0 Å². The second kappa shape index (κ2) is 7.00. The number of nitrogens with two attached hydrogens (primary N) is 1. The molecule has 28 heavy (non-hydrogen) atoms. The molecule has 1 saturated heterocycles. The van der Waals surface area contributed by atoms with Gasteiger partial charge in [0.15, 0.2) is 5.13 Å². The predicted octanol–water partition coefficient (Wildman–Crippen LogP) is 4.16. The van der Waals surface area contributed by atoms with Gasteiger partial charge in [0.25, 0.3) is 0 Å². The van der Waals surface area contributed by atoms with Gasteiger partial charge in [0.05, 0.1) is 26.3 Å². The standard InChI is InChI=1S/C19H17Cl2FN4OS/c20-12-5-9-7-26-4-3-24-6-10(26)8-27-17(9)15(21)14(12)11-1-2-13(22)18-16(11)25-19(23)28-18/h1-2,5,10,24H,3-4,6-8H2,(H2,23,25)/t10-/m1/s1. The maximum atomic E-state index is 14.2. The molecule has 0 saturated carbocycles. The van der Waals surface area contributed by atoms with E-state index in [-0.39, 0.29) is 11.9 Å². The van der Waals surface area contributed by atoms with Crippen LogP contribution in [-0.4, -0.2) is 42.2 Å². The van der Waals surface area contributed by atoms with Crippen LogP contribution in [0.3, 0.4) is 0 Å². The van der Waals surface area contributed by atoms with Crippen molar-refractivity contribution in [2.75, 3.05) is 32.0 Å². The fraction of sp³-hybridized carbons (Fsp3) is 0.316. The minimum absolute atomic E-state index is 0.287. The Morgan fingerprint density at radius 2 is 2.21 bits per heavy atom. The van der Waals surface area contributed by atoms with Crippen molar-refractivity contribution < 1.29 is 9.13 Å². The summed E-state index contributed by atoms with van der Waals surface area (Å²) in [5.41, 5.74) is 8.48. The lowest BCUT2D eigenvalue weighted by atomic mass is 10.0. The van der Waals surface area contributed by atoms with Gasteiger partial charge in [-0.05, 0) is 18.2 Å². The maximum absolute atomic E-state index is 14.2. The van der Waals surface area contributed by atoms with Crippen molar-refractivity contribution in [2.24, 2.45) is 0 Å². The van der Waals surface area contributed by atoms with Crippen molar-refractivity contribution in [3.8, 4) is 16.9 Å². The Morgan fingerprint density at radius 3 is 3.07 bits per heavy atom. The van der Waals surface area contributed by atoms with E-state index in [0.29, 0.717) is 48.9 Å². The highest BCUT2D eigenvalue weighted by atomic mass is 35.5. The first kappa shape index (κ1) is 18.4. The van der Waals surface area contributed by atoms with Gasteiger partial charge in [0.1, 0.15) is 18.2 Å². The molecule has 3 N–H and O–H groups in total. The summed E-state index contributed by atoms with van der Waals surface area (Å²) in [6.07, 6.45) is 0. The molecule has 0 radical (unpaired) electrons. The van der Waals surface area contributed by atoms with Crippen LogP contribution in [0, 0.1) is 5.82 Å². The highest BCUT2D eigenvalue weighted by Gasteiger charge is 2.30. The number of nitrogen functional groups attached to an aromatic ring is 1. The smallest absolute Gasteiger partial charge is 0.181 e. The van der Waals surface area contributed by atoms with Crippen LogP contribution in [0.2, 0.25) is 10.0 Å². The number of anilines is 1. The van der Waals surface area contributed by atoms with E-state index in [0.717, 1.165) is 43.1 Å². The number of thiazole rings is 1. The molecule has 2 aliphatic heterocycles. The number of aromatic nitrogens is 1. The third-order valence-corrected chi connectivity index (χ3v) is 6.85. The van der Waals surface area contributed by atoms with Crippen LogP contribution in [-0.2, 0) is 6.54 Å². The van der Waals surface area contributed by atoms with Crippen LogP contribution in [0.15, 0.2) is 18.2 Å². The third-order valence-electron chi connectivity index (χ3n) is 5.30. The second-order valence-corrected chi connectivity index (χ2v) is 8.82. The van der Waals surface area contributed by atoms with Crippen LogP contribution >= 0.6 is 34.5 Å². The lowest BCUT2D eigenvalue weighted by Crippen LogP contribution is -2.52. The largest absolute Gasteiger partial charge is 0.490 e. The first-order valence-corrected chi connectivity index (χ1v) is 10.5. The molecule has 3 heterocycles. The molecule has 9 heteroatoms. The summed E-state index contributed by atoms with van der Waals surface area (Å²) in [4.78, 5) is 6.68. The Hall–Kier alpha value is -1.64. The molecule has 2 aliphatic rings. The SMILES string of the molecule is Nc1nc2c(-c3c(Cl)cc4c(c3Cl)OC[C@H]3CNCCN3C4)ccc(F)c2s1. The van der Waals surface area contributed by atoms with Crippen molar-refractivity contribution in [2.45, 2.75) is 12.6 Å². The lowest BCUT2D eigenvalue weighted by molar-refractivity contribution is 0.120. The van der Waals surface area contributed by atoms with Crippen LogP contribution in [0.25, 0.3) is 21.3 Å². The third kappa shape index (κ3) is 2.93. The number of halogens is 3. The number of rotatable bonds is 1. The van der Waals surface area contributed by atoms with E-state index < -0.39 is 0 Å². The molecule has 0 bridgehead atoms. The van der Waals surface area contributed by atoms with Crippen LogP contribution in [0.5, 0.6) is 5.75 Å².